The SMILES string of the molecule is CC(C)NS(=O)(=O)Cc1ccc(CNC(=O)C2CC2C)cc1. The highest BCUT2D eigenvalue weighted by atomic mass is 32.2. The fourth-order valence-corrected chi connectivity index (χ4v) is 3.81. The molecule has 0 saturated heterocycles. The molecule has 0 aromatic heterocycles. The molecule has 0 heterocycles. The molecule has 2 N–H and O–H groups in total. The fraction of sp³-hybridized carbons (Fsp3) is 0.562. The van der Waals surface area contributed by atoms with Crippen molar-refractivity contribution >= 4 is 15.9 Å². The minimum Gasteiger partial charge on any atom is -0.352 e. The van der Waals surface area contributed by atoms with E-state index in [1.165, 1.54) is 0 Å². The van der Waals surface area contributed by atoms with E-state index in [0.717, 1.165) is 17.5 Å². The van der Waals surface area contributed by atoms with Crippen molar-refractivity contribution in [3.63, 3.8) is 0 Å². The minimum absolute atomic E-state index is 0.0303. The standard InChI is InChI=1S/C16H24N2O3S/c1-11(2)18-22(20,21)10-14-6-4-13(5-7-14)9-17-16(19)15-8-12(15)3/h4-7,11-12,15,18H,8-10H2,1-3H3,(H,17,19). The van der Waals surface area contributed by atoms with Crippen LogP contribution in [-0.2, 0) is 27.1 Å². The molecule has 1 aliphatic rings. The number of sulfonamides is 1. The lowest BCUT2D eigenvalue weighted by molar-refractivity contribution is -0.122. The fourth-order valence-electron chi connectivity index (χ4n) is 2.38. The zero-order chi connectivity index (χ0) is 16.3. The number of hydrogen-bond acceptors (Lipinski definition) is 3. The molecule has 2 atom stereocenters. The topological polar surface area (TPSA) is 75.3 Å². The van der Waals surface area contributed by atoms with Crippen LogP contribution in [0.1, 0.15) is 38.3 Å². The maximum absolute atomic E-state index is 11.9. The maximum atomic E-state index is 11.9. The van der Waals surface area contributed by atoms with Gasteiger partial charge in [0.1, 0.15) is 0 Å². The third-order valence-corrected chi connectivity index (χ3v) is 5.25. The average Bonchev–Trinajstić information content (AvgIpc) is 3.13. The number of carbonyl (C=O) groups excluding carboxylic acids is 1. The van der Waals surface area contributed by atoms with Gasteiger partial charge in [-0.2, -0.15) is 0 Å². The normalized spacial score (nSPS) is 20.9. The summed E-state index contributed by atoms with van der Waals surface area (Å²) in [4.78, 5) is 11.7. The molecule has 2 rings (SSSR count). The van der Waals surface area contributed by atoms with Crippen LogP contribution in [-0.4, -0.2) is 20.4 Å². The molecule has 1 aliphatic carbocycles. The molecule has 122 valence electrons. The number of hydrogen-bond donors (Lipinski definition) is 2. The molecule has 0 bridgehead atoms. The van der Waals surface area contributed by atoms with Gasteiger partial charge in [0, 0.05) is 18.5 Å². The molecule has 1 amide bonds. The van der Waals surface area contributed by atoms with E-state index in [2.05, 4.69) is 17.0 Å². The summed E-state index contributed by atoms with van der Waals surface area (Å²) in [6.07, 6.45) is 0.978. The number of carbonyl (C=O) groups is 1. The number of amides is 1. The van der Waals surface area contributed by atoms with Crippen molar-refractivity contribution < 1.29 is 13.2 Å². The van der Waals surface area contributed by atoms with Crippen molar-refractivity contribution in [2.75, 3.05) is 0 Å². The van der Waals surface area contributed by atoms with E-state index < -0.39 is 10.0 Å². The summed E-state index contributed by atoms with van der Waals surface area (Å²) in [5.41, 5.74) is 1.71. The van der Waals surface area contributed by atoms with Crippen LogP contribution in [0.3, 0.4) is 0 Å². The Kier molecular flexibility index (Phi) is 5.24. The first-order chi connectivity index (χ1) is 10.3. The summed E-state index contributed by atoms with van der Waals surface area (Å²) in [5.74, 6) is 0.755. The largest absolute Gasteiger partial charge is 0.352 e. The van der Waals surface area contributed by atoms with Crippen LogP contribution in [0, 0.1) is 11.8 Å². The highest BCUT2D eigenvalue weighted by molar-refractivity contribution is 7.88. The molecule has 1 aromatic rings. The van der Waals surface area contributed by atoms with Gasteiger partial charge >= 0.3 is 0 Å². The molecule has 1 saturated carbocycles. The molecule has 0 aliphatic heterocycles. The molecular formula is C16H24N2O3S. The van der Waals surface area contributed by atoms with Crippen molar-refractivity contribution in [1.82, 2.24) is 10.0 Å². The predicted molar refractivity (Wildman–Crippen MR) is 86.5 cm³/mol. The van der Waals surface area contributed by atoms with E-state index in [-0.39, 0.29) is 23.6 Å². The molecule has 6 heteroatoms. The quantitative estimate of drug-likeness (QED) is 0.803. The Balaban J connectivity index is 1.86. The minimum atomic E-state index is -3.30. The van der Waals surface area contributed by atoms with Gasteiger partial charge in [-0.05, 0) is 37.3 Å². The Hall–Kier alpha value is -1.40. The number of rotatable bonds is 7. The first-order valence-corrected chi connectivity index (χ1v) is 9.27. The Morgan fingerprint density at radius 1 is 1.23 bits per heavy atom. The zero-order valence-corrected chi connectivity index (χ0v) is 14.1. The first kappa shape index (κ1) is 17.0. The van der Waals surface area contributed by atoms with Crippen LogP contribution >= 0.6 is 0 Å². The van der Waals surface area contributed by atoms with Gasteiger partial charge in [0.2, 0.25) is 15.9 Å². The van der Waals surface area contributed by atoms with Gasteiger partial charge in [-0.3, -0.25) is 4.79 Å². The molecule has 1 fully saturated rings. The predicted octanol–water partition coefficient (Wildman–Crippen LogP) is 1.79. The zero-order valence-electron chi connectivity index (χ0n) is 13.3. The van der Waals surface area contributed by atoms with Gasteiger partial charge in [0.05, 0.1) is 5.75 Å². The highest BCUT2D eigenvalue weighted by Gasteiger charge is 2.38. The highest BCUT2D eigenvalue weighted by Crippen LogP contribution is 2.37. The average molecular weight is 324 g/mol. The molecule has 2 unspecified atom stereocenters. The van der Waals surface area contributed by atoms with Crippen molar-refractivity contribution in [3.05, 3.63) is 35.4 Å². The van der Waals surface area contributed by atoms with Crippen molar-refractivity contribution in [2.45, 2.75) is 45.5 Å². The molecule has 1 aromatic carbocycles. The Morgan fingerprint density at radius 2 is 1.77 bits per heavy atom. The van der Waals surface area contributed by atoms with Gasteiger partial charge in [-0.1, -0.05) is 31.2 Å². The van der Waals surface area contributed by atoms with Crippen molar-refractivity contribution in [3.8, 4) is 0 Å². The van der Waals surface area contributed by atoms with Crippen molar-refractivity contribution in [1.29, 1.82) is 0 Å². The van der Waals surface area contributed by atoms with Gasteiger partial charge in [-0.25, -0.2) is 13.1 Å². The lowest BCUT2D eigenvalue weighted by Crippen LogP contribution is -2.31. The first-order valence-electron chi connectivity index (χ1n) is 7.62. The molecule has 0 spiro atoms. The monoisotopic (exact) mass is 324 g/mol. The lowest BCUT2D eigenvalue weighted by Gasteiger charge is -2.10. The lowest BCUT2D eigenvalue weighted by atomic mass is 10.1. The van der Waals surface area contributed by atoms with Gasteiger partial charge < -0.3 is 5.32 Å². The molecule has 5 nitrogen and oxygen atoms in total. The second-order valence-corrected chi connectivity index (χ2v) is 8.14. The van der Waals surface area contributed by atoms with Crippen LogP contribution < -0.4 is 10.0 Å². The third kappa shape index (κ3) is 5.10. The van der Waals surface area contributed by atoms with Gasteiger partial charge in [0.15, 0.2) is 0 Å². The van der Waals surface area contributed by atoms with E-state index in [1.807, 2.05) is 12.1 Å². The molecule has 0 radical (unpaired) electrons. The molecular weight excluding hydrogens is 300 g/mol. The second-order valence-electron chi connectivity index (χ2n) is 6.39. The Labute approximate surface area is 132 Å². The van der Waals surface area contributed by atoms with Gasteiger partial charge in [0.25, 0.3) is 0 Å². The summed E-state index contributed by atoms with van der Waals surface area (Å²) in [6, 6.07) is 7.19. The van der Waals surface area contributed by atoms with E-state index in [9.17, 15) is 13.2 Å². The summed E-state index contributed by atoms with van der Waals surface area (Å²) in [7, 11) is -3.30. The summed E-state index contributed by atoms with van der Waals surface area (Å²) in [5, 5.41) is 2.92. The van der Waals surface area contributed by atoms with Crippen LogP contribution in [0.5, 0.6) is 0 Å². The van der Waals surface area contributed by atoms with Gasteiger partial charge in [-0.15, -0.1) is 0 Å². The Morgan fingerprint density at radius 3 is 2.27 bits per heavy atom. The molecule has 22 heavy (non-hydrogen) atoms. The third-order valence-electron chi connectivity index (χ3n) is 3.71. The van der Waals surface area contributed by atoms with Crippen LogP contribution in [0.15, 0.2) is 24.3 Å². The van der Waals surface area contributed by atoms with Crippen LogP contribution in [0.2, 0.25) is 0 Å². The summed E-state index contributed by atoms with van der Waals surface area (Å²) in [6.45, 7) is 6.15. The van der Waals surface area contributed by atoms with E-state index in [0.29, 0.717) is 12.5 Å². The van der Waals surface area contributed by atoms with E-state index in [4.69, 9.17) is 0 Å². The van der Waals surface area contributed by atoms with E-state index >= 15 is 0 Å². The van der Waals surface area contributed by atoms with Crippen LogP contribution in [0.25, 0.3) is 0 Å². The summed E-state index contributed by atoms with van der Waals surface area (Å²) >= 11 is 0. The van der Waals surface area contributed by atoms with E-state index in [1.54, 1.807) is 26.0 Å². The second kappa shape index (κ2) is 6.79. The Bertz CT molecular complexity index is 623. The summed E-state index contributed by atoms with van der Waals surface area (Å²) < 4.78 is 26.3. The smallest absolute Gasteiger partial charge is 0.223 e. The maximum Gasteiger partial charge on any atom is 0.223 e. The van der Waals surface area contributed by atoms with Crippen molar-refractivity contribution in [2.24, 2.45) is 11.8 Å². The number of benzene rings is 1. The van der Waals surface area contributed by atoms with Crippen LogP contribution in [0.4, 0.5) is 0 Å². The number of nitrogens with one attached hydrogen (secondary N) is 2.